The van der Waals surface area contributed by atoms with E-state index >= 15 is 0 Å². The van der Waals surface area contributed by atoms with Crippen molar-refractivity contribution in [2.45, 2.75) is 50.2 Å². The van der Waals surface area contributed by atoms with Crippen molar-refractivity contribution in [2.24, 2.45) is 27.9 Å². The molecule has 3 atom stereocenters. The van der Waals surface area contributed by atoms with Crippen LogP contribution < -0.4 is 38.9 Å². The quantitative estimate of drug-likeness (QED) is 0.0479. The molecular weight excluding hydrogens is 428 g/mol. The number of guanidine groups is 1. The van der Waals surface area contributed by atoms with Gasteiger partial charge in [0.2, 0.25) is 17.7 Å². The Morgan fingerprint density at radius 2 is 1.58 bits per heavy atom. The minimum Gasteiger partial charge on any atom is -0.480 e. The van der Waals surface area contributed by atoms with Crippen LogP contribution in [0.4, 0.5) is 0 Å². The molecule has 13 nitrogen and oxygen atoms in total. The SMILES string of the molecule is NCCCCC(NC(=O)C(CS)NC(=O)C(N)CCCN=C(N)N)C(=O)NCC(=O)O. The molecule has 0 bridgehead atoms. The van der Waals surface area contributed by atoms with Crippen molar-refractivity contribution in [3.63, 3.8) is 0 Å². The lowest BCUT2D eigenvalue weighted by Gasteiger charge is -2.23. The standard InChI is InChI=1S/C17H34N8O5S/c18-6-2-1-5-11(15(29)23-8-13(26)27)24-16(30)12(9-31)25-14(28)10(19)4-3-7-22-17(20)21/h10-12,31H,1-9,18-19H2,(H,23,29)(H,24,30)(H,25,28)(H,26,27)(H4,20,21,22). The Labute approximate surface area is 186 Å². The monoisotopic (exact) mass is 462 g/mol. The summed E-state index contributed by atoms with van der Waals surface area (Å²) in [5, 5.41) is 16.0. The Hall–Kier alpha value is -2.58. The molecule has 0 aromatic carbocycles. The summed E-state index contributed by atoms with van der Waals surface area (Å²) in [7, 11) is 0. The molecule has 0 aliphatic heterocycles. The predicted octanol–water partition coefficient (Wildman–Crippen LogP) is -3.40. The van der Waals surface area contributed by atoms with Crippen LogP contribution in [0.3, 0.4) is 0 Å². The smallest absolute Gasteiger partial charge is 0.322 e. The van der Waals surface area contributed by atoms with Gasteiger partial charge in [-0.3, -0.25) is 24.2 Å². The maximum Gasteiger partial charge on any atom is 0.322 e. The number of nitrogens with zero attached hydrogens (tertiary/aromatic N) is 1. The normalized spacial score (nSPS) is 13.4. The van der Waals surface area contributed by atoms with E-state index in [-0.39, 0.29) is 18.1 Å². The zero-order valence-corrected chi connectivity index (χ0v) is 18.3. The number of carbonyl (C=O) groups excluding carboxylic acids is 3. The molecule has 0 aromatic rings. The second kappa shape index (κ2) is 16.2. The molecule has 3 unspecified atom stereocenters. The fourth-order valence-corrected chi connectivity index (χ4v) is 2.70. The van der Waals surface area contributed by atoms with Crippen LogP contribution in [0, 0.1) is 0 Å². The predicted molar refractivity (Wildman–Crippen MR) is 119 cm³/mol. The minimum absolute atomic E-state index is 0.0371. The molecule has 12 N–H and O–H groups in total. The first-order valence-electron chi connectivity index (χ1n) is 9.84. The molecule has 0 aliphatic carbocycles. The molecule has 3 amide bonds. The highest BCUT2D eigenvalue weighted by Gasteiger charge is 2.27. The first-order valence-corrected chi connectivity index (χ1v) is 10.5. The second-order valence-electron chi connectivity index (χ2n) is 6.76. The molecule has 0 fully saturated rings. The molecule has 31 heavy (non-hydrogen) atoms. The van der Waals surface area contributed by atoms with Crippen molar-refractivity contribution in [3.05, 3.63) is 0 Å². The lowest BCUT2D eigenvalue weighted by Crippen LogP contribution is -2.56. The number of rotatable bonds is 16. The van der Waals surface area contributed by atoms with Crippen LogP contribution in [0.25, 0.3) is 0 Å². The van der Waals surface area contributed by atoms with E-state index in [1.165, 1.54) is 0 Å². The highest BCUT2D eigenvalue weighted by Crippen LogP contribution is 2.03. The van der Waals surface area contributed by atoms with Crippen LogP contribution >= 0.6 is 12.6 Å². The summed E-state index contributed by atoms with van der Waals surface area (Å²) in [6, 6.07) is -2.90. The van der Waals surface area contributed by atoms with Crippen molar-refractivity contribution in [2.75, 3.05) is 25.4 Å². The first-order chi connectivity index (χ1) is 14.6. The van der Waals surface area contributed by atoms with E-state index in [0.29, 0.717) is 38.8 Å². The van der Waals surface area contributed by atoms with Crippen molar-refractivity contribution in [3.8, 4) is 0 Å². The summed E-state index contributed by atoms with van der Waals surface area (Å²) in [6.07, 6.45) is 2.19. The molecule has 0 spiro atoms. The van der Waals surface area contributed by atoms with E-state index in [1.807, 2.05) is 0 Å². The van der Waals surface area contributed by atoms with E-state index in [4.69, 9.17) is 28.0 Å². The zero-order valence-electron chi connectivity index (χ0n) is 17.4. The van der Waals surface area contributed by atoms with Crippen LogP contribution in [0.1, 0.15) is 32.1 Å². The molecule has 0 radical (unpaired) electrons. The highest BCUT2D eigenvalue weighted by atomic mass is 32.1. The third-order valence-electron chi connectivity index (χ3n) is 4.11. The number of carboxylic acid groups (broad SMARTS) is 1. The van der Waals surface area contributed by atoms with Crippen LogP contribution in [-0.2, 0) is 19.2 Å². The Balaban J connectivity index is 4.86. The topological polar surface area (TPSA) is 241 Å². The summed E-state index contributed by atoms with van der Waals surface area (Å²) in [5.41, 5.74) is 21.7. The number of nitrogens with two attached hydrogens (primary N) is 4. The molecule has 0 saturated carbocycles. The maximum atomic E-state index is 12.6. The largest absolute Gasteiger partial charge is 0.480 e. The fourth-order valence-electron chi connectivity index (χ4n) is 2.44. The molecular formula is C17H34N8O5S. The summed E-state index contributed by atoms with van der Waals surface area (Å²) >= 11 is 4.08. The van der Waals surface area contributed by atoms with Gasteiger partial charge in [0, 0.05) is 12.3 Å². The zero-order chi connectivity index (χ0) is 23.8. The summed E-state index contributed by atoms with van der Waals surface area (Å²) in [5.74, 6) is -3.15. The van der Waals surface area contributed by atoms with Gasteiger partial charge in [-0.15, -0.1) is 0 Å². The lowest BCUT2D eigenvalue weighted by atomic mass is 10.1. The van der Waals surface area contributed by atoms with Gasteiger partial charge in [0.1, 0.15) is 18.6 Å². The number of unbranched alkanes of at least 4 members (excludes halogenated alkanes) is 1. The van der Waals surface area contributed by atoms with Crippen LogP contribution in [0.5, 0.6) is 0 Å². The van der Waals surface area contributed by atoms with E-state index in [2.05, 4.69) is 33.6 Å². The fraction of sp³-hybridized carbons (Fsp3) is 0.706. The van der Waals surface area contributed by atoms with Crippen molar-refractivity contribution in [1.29, 1.82) is 0 Å². The second-order valence-corrected chi connectivity index (χ2v) is 7.12. The van der Waals surface area contributed by atoms with Gasteiger partial charge in [0.25, 0.3) is 0 Å². The summed E-state index contributed by atoms with van der Waals surface area (Å²) in [4.78, 5) is 51.5. The van der Waals surface area contributed by atoms with E-state index in [9.17, 15) is 19.2 Å². The van der Waals surface area contributed by atoms with Crippen molar-refractivity contribution < 1.29 is 24.3 Å². The van der Waals surface area contributed by atoms with Gasteiger partial charge in [-0.1, -0.05) is 0 Å². The third kappa shape index (κ3) is 13.4. The van der Waals surface area contributed by atoms with Gasteiger partial charge in [-0.05, 0) is 38.6 Å². The molecule has 0 aromatic heterocycles. The average Bonchev–Trinajstić information content (AvgIpc) is 2.71. The minimum atomic E-state index is -1.21. The van der Waals surface area contributed by atoms with Gasteiger partial charge < -0.3 is 44.0 Å². The number of nitrogens with one attached hydrogen (secondary N) is 3. The van der Waals surface area contributed by atoms with Gasteiger partial charge in [-0.2, -0.15) is 12.6 Å². The number of amides is 3. The van der Waals surface area contributed by atoms with E-state index < -0.39 is 48.4 Å². The van der Waals surface area contributed by atoms with E-state index in [0.717, 1.165) is 0 Å². The van der Waals surface area contributed by atoms with Crippen molar-refractivity contribution >= 4 is 42.3 Å². The Morgan fingerprint density at radius 1 is 0.935 bits per heavy atom. The van der Waals surface area contributed by atoms with Crippen LogP contribution in [-0.4, -0.2) is 78.3 Å². The third-order valence-corrected chi connectivity index (χ3v) is 4.48. The Kier molecular flexibility index (Phi) is 14.8. The Morgan fingerprint density at radius 3 is 2.13 bits per heavy atom. The number of thiol groups is 1. The van der Waals surface area contributed by atoms with E-state index in [1.54, 1.807) is 0 Å². The first kappa shape index (κ1) is 28.4. The molecule has 14 heteroatoms. The van der Waals surface area contributed by atoms with Gasteiger partial charge in [-0.25, -0.2) is 0 Å². The maximum absolute atomic E-state index is 12.6. The van der Waals surface area contributed by atoms with Crippen LogP contribution in [0.15, 0.2) is 4.99 Å². The number of aliphatic carboxylic acids is 1. The Bertz CT molecular complexity index is 630. The van der Waals surface area contributed by atoms with Gasteiger partial charge >= 0.3 is 5.97 Å². The summed E-state index contributed by atoms with van der Waals surface area (Å²) in [6.45, 7) is 0.146. The number of hydrogen-bond acceptors (Lipinski definition) is 8. The number of carboxylic acids is 1. The van der Waals surface area contributed by atoms with Gasteiger partial charge in [0.15, 0.2) is 5.96 Å². The molecule has 0 saturated heterocycles. The molecule has 178 valence electrons. The van der Waals surface area contributed by atoms with Crippen LogP contribution in [0.2, 0.25) is 0 Å². The molecule has 0 heterocycles. The number of aliphatic imine (C=N–C) groups is 1. The van der Waals surface area contributed by atoms with Gasteiger partial charge in [0.05, 0.1) is 6.04 Å². The van der Waals surface area contributed by atoms with Crippen molar-refractivity contribution in [1.82, 2.24) is 16.0 Å². The average molecular weight is 463 g/mol. The highest BCUT2D eigenvalue weighted by molar-refractivity contribution is 7.80. The summed E-state index contributed by atoms with van der Waals surface area (Å²) < 4.78 is 0. The molecule has 0 rings (SSSR count). The number of carbonyl (C=O) groups is 4. The lowest BCUT2D eigenvalue weighted by molar-refractivity contribution is -0.138. The molecule has 0 aliphatic rings. The number of hydrogen-bond donors (Lipinski definition) is 9.